The number of carbonyl (C=O) groups is 1. The fraction of sp³-hybridized carbons (Fsp3) is 0.727. The third-order valence-electron chi connectivity index (χ3n) is 7.77. The number of hydrogen-bond donors (Lipinski definition) is 1. The molecule has 5 fully saturated rings. The third kappa shape index (κ3) is 3.15. The average molecular weight is 380 g/mol. The number of amides is 1. The van der Waals surface area contributed by atoms with Gasteiger partial charge < -0.3 is 10.2 Å². The molecule has 6 rings (SSSR count). The van der Waals surface area contributed by atoms with Crippen molar-refractivity contribution in [2.24, 2.45) is 29.1 Å². The van der Waals surface area contributed by atoms with Crippen LogP contribution >= 0.6 is 0 Å². The van der Waals surface area contributed by atoms with Crippen molar-refractivity contribution in [2.75, 3.05) is 24.5 Å². The fourth-order valence-corrected chi connectivity index (χ4v) is 6.80. The Balaban J connectivity index is 1.15. The molecule has 4 bridgehead atoms. The Morgan fingerprint density at radius 3 is 2.32 bits per heavy atom. The van der Waals surface area contributed by atoms with Gasteiger partial charge in [0.1, 0.15) is 6.07 Å². The first-order valence-electron chi connectivity index (χ1n) is 10.9. The van der Waals surface area contributed by atoms with Crippen molar-refractivity contribution in [1.82, 2.24) is 15.3 Å². The standard InChI is InChI=1S/C22H29N5O/c23-13-19-20(25-4-3-24-19)27-5-1-15(2-6-27)14-26-21(28)22-10-16-7-17(11-22)9-18(8-16)12-22/h3-4,15-18H,1-2,5-12,14H2,(H,26,28). The van der Waals surface area contributed by atoms with E-state index in [4.69, 9.17) is 0 Å². The zero-order valence-electron chi connectivity index (χ0n) is 16.4. The molecule has 0 spiro atoms. The second-order valence-electron chi connectivity index (χ2n) is 9.68. The van der Waals surface area contributed by atoms with E-state index in [1.165, 1.54) is 19.3 Å². The minimum absolute atomic E-state index is 0.0449. The number of nitrogens with zero attached hydrogens (tertiary/aromatic N) is 4. The van der Waals surface area contributed by atoms with Crippen molar-refractivity contribution in [2.45, 2.75) is 51.4 Å². The van der Waals surface area contributed by atoms with Crippen LogP contribution in [0.25, 0.3) is 0 Å². The van der Waals surface area contributed by atoms with Gasteiger partial charge in [-0.1, -0.05) is 0 Å². The average Bonchev–Trinajstić information content (AvgIpc) is 2.71. The zero-order valence-corrected chi connectivity index (χ0v) is 16.4. The summed E-state index contributed by atoms with van der Waals surface area (Å²) in [5, 5.41) is 12.6. The lowest BCUT2D eigenvalue weighted by Crippen LogP contribution is -2.54. The van der Waals surface area contributed by atoms with E-state index in [1.54, 1.807) is 12.4 Å². The number of carbonyl (C=O) groups excluding carboxylic acids is 1. The Bertz CT molecular complexity index is 757. The lowest BCUT2D eigenvalue weighted by molar-refractivity contribution is -0.146. The fourth-order valence-electron chi connectivity index (χ4n) is 6.80. The maximum atomic E-state index is 13.1. The first-order valence-corrected chi connectivity index (χ1v) is 10.9. The highest BCUT2D eigenvalue weighted by Gasteiger charge is 2.54. The van der Waals surface area contributed by atoms with E-state index in [0.717, 1.165) is 69.5 Å². The minimum Gasteiger partial charge on any atom is -0.355 e. The number of nitrogens with one attached hydrogen (secondary N) is 1. The van der Waals surface area contributed by atoms with Crippen LogP contribution in [0.15, 0.2) is 12.4 Å². The monoisotopic (exact) mass is 379 g/mol. The van der Waals surface area contributed by atoms with E-state index < -0.39 is 0 Å². The van der Waals surface area contributed by atoms with Gasteiger partial charge in [-0.3, -0.25) is 4.79 Å². The molecule has 4 aliphatic carbocycles. The van der Waals surface area contributed by atoms with Gasteiger partial charge in [0.2, 0.25) is 5.91 Å². The van der Waals surface area contributed by atoms with E-state index in [1.807, 2.05) is 0 Å². The summed E-state index contributed by atoms with van der Waals surface area (Å²) in [7, 11) is 0. The highest BCUT2D eigenvalue weighted by atomic mass is 16.2. The van der Waals surface area contributed by atoms with E-state index in [2.05, 4.69) is 26.3 Å². The molecule has 0 atom stereocenters. The van der Waals surface area contributed by atoms with Crippen LogP contribution in [0.5, 0.6) is 0 Å². The summed E-state index contributed by atoms with van der Waals surface area (Å²) in [6.07, 6.45) is 12.8. The molecule has 6 nitrogen and oxygen atoms in total. The molecule has 1 N–H and O–H groups in total. The summed E-state index contributed by atoms with van der Waals surface area (Å²) in [5.74, 6) is 3.97. The molecule has 4 saturated carbocycles. The van der Waals surface area contributed by atoms with Crippen molar-refractivity contribution in [1.29, 1.82) is 5.26 Å². The quantitative estimate of drug-likeness (QED) is 0.870. The minimum atomic E-state index is -0.0449. The molecule has 1 aromatic heterocycles. The van der Waals surface area contributed by atoms with Crippen LogP contribution in [0.4, 0.5) is 5.82 Å². The third-order valence-corrected chi connectivity index (χ3v) is 7.77. The molecule has 1 amide bonds. The molecule has 148 valence electrons. The topological polar surface area (TPSA) is 81.9 Å². The molecule has 1 aliphatic heterocycles. The van der Waals surface area contributed by atoms with E-state index in [9.17, 15) is 10.1 Å². The summed E-state index contributed by atoms with van der Waals surface area (Å²) < 4.78 is 0. The van der Waals surface area contributed by atoms with Crippen molar-refractivity contribution < 1.29 is 4.79 Å². The van der Waals surface area contributed by atoms with Crippen LogP contribution in [0.2, 0.25) is 0 Å². The SMILES string of the molecule is N#Cc1nccnc1N1CCC(CNC(=O)C23CC4CC(CC(C4)C2)C3)CC1. The second kappa shape index (κ2) is 7.02. The summed E-state index contributed by atoms with van der Waals surface area (Å²) in [5.41, 5.74) is 0.354. The zero-order chi connectivity index (χ0) is 19.1. The number of nitriles is 1. The van der Waals surface area contributed by atoms with Gasteiger partial charge in [0, 0.05) is 37.4 Å². The van der Waals surface area contributed by atoms with E-state index >= 15 is 0 Å². The van der Waals surface area contributed by atoms with Gasteiger partial charge >= 0.3 is 0 Å². The summed E-state index contributed by atoms with van der Waals surface area (Å²) >= 11 is 0. The lowest BCUT2D eigenvalue weighted by Gasteiger charge is -2.55. The predicted octanol–water partition coefficient (Wildman–Crippen LogP) is 2.90. The Morgan fingerprint density at radius 1 is 1.11 bits per heavy atom. The molecule has 1 aromatic rings. The number of anilines is 1. The molecule has 2 heterocycles. The molecule has 5 aliphatic rings. The lowest BCUT2D eigenvalue weighted by atomic mass is 9.49. The van der Waals surface area contributed by atoms with Gasteiger partial charge in [-0.15, -0.1) is 0 Å². The predicted molar refractivity (Wildman–Crippen MR) is 105 cm³/mol. The van der Waals surface area contributed by atoms with Crippen molar-refractivity contribution in [3.8, 4) is 6.07 Å². The van der Waals surface area contributed by atoms with Gasteiger partial charge in [-0.2, -0.15) is 5.26 Å². The normalized spacial score (nSPS) is 34.2. The van der Waals surface area contributed by atoms with Gasteiger partial charge in [0.05, 0.1) is 0 Å². The van der Waals surface area contributed by atoms with Crippen LogP contribution in [-0.4, -0.2) is 35.5 Å². The summed E-state index contributed by atoms with van der Waals surface area (Å²) in [6, 6.07) is 2.13. The van der Waals surface area contributed by atoms with Gasteiger partial charge in [-0.25, -0.2) is 9.97 Å². The van der Waals surface area contributed by atoms with Crippen molar-refractivity contribution in [3.63, 3.8) is 0 Å². The Kier molecular flexibility index (Phi) is 4.49. The largest absolute Gasteiger partial charge is 0.355 e. The number of rotatable bonds is 4. The van der Waals surface area contributed by atoms with Gasteiger partial charge in [0.25, 0.3) is 0 Å². The maximum absolute atomic E-state index is 13.1. The molecular formula is C22H29N5O. The van der Waals surface area contributed by atoms with Crippen molar-refractivity contribution >= 4 is 11.7 Å². The van der Waals surface area contributed by atoms with Gasteiger partial charge in [-0.05, 0) is 75.0 Å². The summed E-state index contributed by atoms with van der Waals surface area (Å²) in [6.45, 7) is 2.52. The van der Waals surface area contributed by atoms with E-state index in [-0.39, 0.29) is 5.41 Å². The van der Waals surface area contributed by atoms with Gasteiger partial charge in [0.15, 0.2) is 11.5 Å². The number of piperidine rings is 1. The Labute approximate surface area is 166 Å². The molecule has 0 radical (unpaired) electrons. The molecule has 28 heavy (non-hydrogen) atoms. The van der Waals surface area contributed by atoms with Crippen LogP contribution in [0.1, 0.15) is 57.1 Å². The smallest absolute Gasteiger partial charge is 0.226 e. The van der Waals surface area contributed by atoms with Crippen LogP contribution in [0.3, 0.4) is 0 Å². The number of hydrogen-bond acceptors (Lipinski definition) is 5. The highest BCUT2D eigenvalue weighted by molar-refractivity contribution is 5.83. The molecular weight excluding hydrogens is 350 g/mol. The highest BCUT2D eigenvalue weighted by Crippen LogP contribution is 2.60. The molecule has 0 unspecified atom stereocenters. The van der Waals surface area contributed by atoms with E-state index in [0.29, 0.717) is 23.3 Å². The summed E-state index contributed by atoms with van der Waals surface area (Å²) in [4.78, 5) is 23.8. The Hall–Kier alpha value is -2.16. The Morgan fingerprint density at radius 2 is 1.71 bits per heavy atom. The van der Waals surface area contributed by atoms with Crippen LogP contribution in [0, 0.1) is 40.4 Å². The van der Waals surface area contributed by atoms with Crippen LogP contribution < -0.4 is 10.2 Å². The molecule has 0 aromatic carbocycles. The molecule has 6 heteroatoms. The van der Waals surface area contributed by atoms with Crippen molar-refractivity contribution in [3.05, 3.63) is 18.1 Å². The molecule has 1 saturated heterocycles. The van der Waals surface area contributed by atoms with Crippen LogP contribution in [-0.2, 0) is 4.79 Å². The first-order chi connectivity index (χ1) is 13.6. The maximum Gasteiger partial charge on any atom is 0.226 e. The first kappa shape index (κ1) is 17.9. The number of aromatic nitrogens is 2. The second-order valence-corrected chi connectivity index (χ2v) is 9.68.